The summed E-state index contributed by atoms with van der Waals surface area (Å²) in [6.45, 7) is 8.67. The van der Waals surface area contributed by atoms with E-state index < -0.39 is 8.32 Å². The zero-order valence-electron chi connectivity index (χ0n) is 17.4. The van der Waals surface area contributed by atoms with Crippen LogP contribution in [0.25, 0.3) is 0 Å². The lowest BCUT2D eigenvalue weighted by atomic mass is 9.99. The molecular weight excluding hydrogens is 475 g/mol. The molecule has 0 spiro atoms. The largest absolute Gasteiger partial charge is 0.407 e. The minimum absolute atomic E-state index is 0.0371. The summed E-state index contributed by atoms with van der Waals surface area (Å²) in [5.74, 6) is 0.731. The molecule has 1 aliphatic heterocycles. The van der Waals surface area contributed by atoms with Gasteiger partial charge in [-0.15, -0.1) is 0 Å². The molecule has 0 amide bonds. The Morgan fingerprint density at radius 2 is 1.54 bits per heavy atom. The SMILES string of the molecule is CC(C)(C)[Si](OCC[C@H]1CC[C@@H](CI)CO1)(c1ccccc1)c1ccccc1. The highest BCUT2D eigenvalue weighted by molar-refractivity contribution is 14.1. The molecule has 3 rings (SSSR count). The summed E-state index contributed by atoms with van der Waals surface area (Å²) >= 11 is 2.48. The molecule has 2 atom stereocenters. The van der Waals surface area contributed by atoms with Crippen LogP contribution >= 0.6 is 22.6 Å². The highest BCUT2D eigenvalue weighted by Gasteiger charge is 2.50. The summed E-state index contributed by atoms with van der Waals surface area (Å²) in [4.78, 5) is 0. The number of alkyl halides is 1. The lowest BCUT2D eigenvalue weighted by molar-refractivity contribution is -0.0194. The van der Waals surface area contributed by atoms with Gasteiger partial charge in [0.05, 0.1) is 12.7 Å². The van der Waals surface area contributed by atoms with E-state index in [1.807, 2.05) is 0 Å². The second-order valence-electron chi connectivity index (χ2n) is 8.85. The van der Waals surface area contributed by atoms with Crippen molar-refractivity contribution in [2.75, 3.05) is 17.6 Å². The van der Waals surface area contributed by atoms with Gasteiger partial charge in [0.1, 0.15) is 0 Å². The first-order valence-electron chi connectivity index (χ1n) is 10.4. The van der Waals surface area contributed by atoms with E-state index in [-0.39, 0.29) is 5.04 Å². The zero-order valence-corrected chi connectivity index (χ0v) is 20.5. The summed E-state index contributed by atoms with van der Waals surface area (Å²) in [5.41, 5.74) is 0. The first-order chi connectivity index (χ1) is 13.5. The maximum atomic E-state index is 6.98. The van der Waals surface area contributed by atoms with Gasteiger partial charge in [-0.3, -0.25) is 0 Å². The molecule has 2 aromatic carbocycles. The van der Waals surface area contributed by atoms with Crippen LogP contribution in [-0.2, 0) is 9.16 Å². The molecule has 0 unspecified atom stereocenters. The number of ether oxygens (including phenoxy) is 1. The Kier molecular flexibility index (Phi) is 7.76. The number of hydrogen-bond donors (Lipinski definition) is 0. The molecule has 0 aromatic heterocycles. The van der Waals surface area contributed by atoms with Gasteiger partial charge in [0.15, 0.2) is 0 Å². The fourth-order valence-corrected chi connectivity index (χ4v) is 9.59. The zero-order chi connectivity index (χ0) is 20.0. The van der Waals surface area contributed by atoms with Crippen molar-refractivity contribution >= 4 is 41.3 Å². The summed E-state index contributed by atoms with van der Waals surface area (Å²) in [5, 5.41) is 2.74. The average Bonchev–Trinajstić information content (AvgIpc) is 2.72. The van der Waals surface area contributed by atoms with Gasteiger partial charge in [0, 0.05) is 11.0 Å². The van der Waals surface area contributed by atoms with Gasteiger partial charge in [0.2, 0.25) is 0 Å². The van der Waals surface area contributed by atoms with Crippen molar-refractivity contribution in [3.63, 3.8) is 0 Å². The van der Waals surface area contributed by atoms with Crippen molar-refractivity contribution < 1.29 is 9.16 Å². The first-order valence-corrected chi connectivity index (χ1v) is 13.8. The van der Waals surface area contributed by atoms with E-state index in [4.69, 9.17) is 9.16 Å². The van der Waals surface area contributed by atoms with Gasteiger partial charge in [-0.25, -0.2) is 0 Å². The molecule has 0 bridgehead atoms. The van der Waals surface area contributed by atoms with Crippen molar-refractivity contribution in [2.24, 2.45) is 5.92 Å². The average molecular weight is 509 g/mol. The van der Waals surface area contributed by atoms with Gasteiger partial charge >= 0.3 is 0 Å². The Hall–Kier alpha value is -0.693. The van der Waals surface area contributed by atoms with Crippen molar-refractivity contribution in [3.05, 3.63) is 60.7 Å². The normalized spacial score (nSPS) is 20.9. The number of hydrogen-bond acceptors (Lipinski definition) is 2. The van der Waals surface area contributed by atoms with Crippen molar-refractivity contribution in [3.8, 4) is 0 Å². The van der Waals surface area contributed by atoms with E-state index >= 15 is 0 Å². The lowest BCUT2D eigenvalue weighted by Crippen LogP contribution is -2.66. The smallest absolute Gasteiger partial charge is 0.261 e. The number of benzene rings is 2. The summed E-state index contributed by atoms with van der Waals surface area (Å²) < 4.78 is 14.3. The van der Waals surface area contributed by atoms with Crippen LogP contribution in [0.15, 0.2) is 60.7 Å². The minimum Gasteiger partial charge on any atom is -0.407 e. The summed E-state index contributed by atoms with van der Waals surface area (Å²) in [6.07, 6.45) is 3.78. The molecule has 28 heavy (non-hydrogen) atoms. The van der Waals surface area contributed by atoms with E-state index in [0.717, 1.165) is 32.0 Å². The van der Waals surface area contributed by atoms with Gasteiger partial charge in [-0.1, -0.05) is 104 Å². The predicted octanol–water partition coefficient (Wildman–Crippen LogP) is 5.18. The third-order valence-electron chi connectivity index (χ3n) is 5.86. The quantitative estimate of drug-likeness (QED) is 0.292. The lowest BCUT2D eigenvalue weighted by Gasteiger charge is -2.43. The minimum atomic E-state index is -2.41. The molecule has 1 fully saturated rings. The van der Waals surface area contributed by atoms with Gasteiger partial charge < -0.3 is 9.16 Å². The molecule has 4 heteroatoms. The molecule has 0 N–H and O–H groups in total. The number of rotatable bonds is 7. The van der Waals surface area contributed by atoms with E-state index in [1.54, 1.807) is 0 Å². The van der Waals surface area contributed by atoms with Crippen LogP contribution in [0.1, 0.15) is 40.0 Å². The summed E-state index contributed by atoms with van der Waals surface area (Å²) in [6, 6.07) is 21.8. The van der Waals surface area contributed by atoms with E-state index in [2.05, 4.69) is 104 Å². The molecule has 2 aromatic rings. The van der Waals surface area contributed by atoms with Crippen molar-refractivity contribution in [2.45, 2.75) is 51.2 Å². The second kappa shape index (κ2) is 9.87. The highest BCUT2D eigenvalue weighted by Crippen LogP contribution is 2.37. The molecule has 1 heterocycles. The molecule has 0 radical (unpaired) electrons. The molecule has 152 valence electrons. The van der Waals surface area contributed by atoms with Crippen molar-refractivity contribution in [1.82, 2.24) is 0 Å². The number of halogens is 1. The molecule has 0 saturated carbocycles. The van der Waals surface area contributed by atoms with Crippen LogP contribution in [0, 0.1) is 5.92 Å². The summed E-state index contributed by atoms with van der Waals surface area (Å²) in [7, 11) is -2.41. The maximum Gasteiger partial charge on any atom is 0.261 e. The van der Waals surface area contributed by atoms with Crippen LogP contribution < -0.4 is 10.4 Å². The van der Waals surface area contributed by atoms with Crippen LogP contribution in [0.3, 0.4) is 0 Å². The predicted molar refractivity (Wildman–Crippen MR) is 130 cm³/mol. The Labute approximate surface area is 185 Å². The Bertz CT molecular complexity index is 667. The Morgan fingerprint density at radius 1 is 0.964 bits per heavy atom. The van der Waals surface area contributed by atoms with Crippen LogP contribution in [0.5, 0.6) is 0 Å². The monoisotopic (exact) mass is 508 g/mol. The topological polar surface area (TPSA) is 18.5 Å². The van der Waals surface area contributed by atoms with Gasteiger partial charge in [-0.2, -0.15) is 0 Å². The van der Waals surface area contributed by atoms with Gasteiger partial charge in [-0.05, 0) is 40.6 Å². The molecule has 1 saturated heterocycles. The highest BCUT2D eigenvalue weighted by atomic mass is 127. The fraction of sp³-hybridized carbons (Fsp3) is 0.500. The van der Waals surface area contributed by atoms with E-state index in [9.17, 15) is 0 Å². The molecular formula is C24H33IO2Si. The second-order valence-corrected chi connectivity index (χ2v) is 14.0. The Balaban J connectivity index is 1.83. The third-order valence-corrected chi connectivity index (χ3v) is 12.1. The first kappa shape index (κ1) is 22.0. The molecule has 1 aliphatic rings. The fourth-order valence-electron chi connectivity index (χ4n) is 4.31. The molecule has 2 nitrogen and oxygen atoms in total. The van der Waals surface area contributed by atoms with Gasteiger partial charge in [0.25, 0.3) is 8.32 Å². The standard InChI is InChI=1S/C24H33IO2Si/c1-24(2,3)28(22-10-6-4-7-11-22,23-12-8-5-9-13-23)27-17-16-21-15-14-20(18-25)19-26-21/h4-13,20-21H,14-19H2,1-3H3/t20-,21+/m0/s1. The molecule has 0 aliphatic carbocycles. The van der Waals surface area contributed by atoms with Crippen LogP contribution in [0.4, 0.5) is 0 Å². The Morgan fingerprint density at radius 3 is 1.96 bits per heavy atom. The maximum absolute atomic E-state index is 6.98. The van der Waals surface area contributed by atoms with Crippen LogP contribution in [0.2, 0.25) is 5.04 Å². The van der Waals surface area contributed by atoms with E-state index in [1.165, 1.54) is 21.2 Å². The van der Waals surface area contributed by atoms with Crippen LogP contribution in [-0.4, -0.2) is 32.1 Å². The third kappa shape index (κ3) is 4.89. The van der Waals surface area contributed by atoms with Crippen molar-refractivity contribution in [1.29, 1.82) is 0 Å². The van der Waals surface area contributed by atoms with E-state index in [0.29, 0.717) is 6.10 Å².